The first-order chi connectivity index (χ1) is 15.6. The van der Waals surface area contributed by atoms with Crippen LogP contribution >= 0.6 is 0 Å². The van der Waals surface area contributed by atoms with Crippen molar-refractivity contribution >= 4 is 5.91 Å². The lowest BCUT2D eigenvalue weighted by molar-refractivity contribution is -0.126. The average Bonchev–Trinajstić information content (AvgIpc) is 2.77. The van der Waals surface area contributed by atoms with Crippen LogP contribution < -0.4 is 5.32 Å². The van der Waals surface area contributed by atoms with Crippen LogP contribution in [0.15, 0.2) is 72.6 Å². The van der Waals surface area contributed by atoms with Crippen molar-refractivity contribution in [2.75, 3.05) is 32.8 Å². The molecule has 0 radical (unpaired) electrons. The maximum atomic E-state index is 13.0. The summed E-state index contributed by atoms with van der Waals surface area (Å²) in [5, 5.41) is 14.0. The number of hydrogen-bond donors (Lipinski definition) is 2. The first kappa shape index (κ1) is 22.5. The molecule has 0 bridgehead atoms. The number of nitrogens with zero attached hydrogens (tertiary/aromatic N) is 2. The van der Waals surface area contributed by atoms with E-state index in [9.17, 15) is 9.90 Å². The van der Waals surface area contributed by atoms with E-state index in [2.05, 4.69) is 41.1 Å². The highest BCUT2D eigenvalue weighted by molar-refractivity contribution is 5.95. The minimum Gasteiger partial charge on any atom is -0.391 e. The molecule has 3 aliphatic heterocycles. The molecule has 3 aliphatic rings. The van der Waals surface area contributed by atoms with E-state index < -0.39 is 6.10 Å². The van der Waals surface area contributed by atoms with Crippen LogP contribution in [0.25, 0.3) is 0 Å². The largest absolute Gasteiger partial charge is 0.391 e. The number of aliphatic hydroxyl groups is 1. The molecule has 170 valence electrons. The second-order valence-electron chi connectivity index (χ2n) is 8.69. The van der Waals surface area contributed by atoms with Gasteiger partial charge in [-0.3, -0.25) is 9.69 Å². The number of aliphatic hydroxyl groups excluding tert-OH is 1. The van der Waals surface area contributed by atoms with Crippen LogP contribution in [0.4, 0.5) is 0 Å². The zero-order valence-corrected chi connectivity index (χ0v) is 18.6. The molecule has 1 unspecified atom stereocenters. The summed E-state index contributed by atoms with van der Waals surface area (Å²) in [6, 6.07) is 8.84. The van der Waals surface area contributed by atoms with Crippen LogP contribution in [-0.2, 0) is 22.5 Å². The molecule has 0 aromatic heterocycles. The van der Waals surface area contributed by atoms with E-state index in [1.165, 1.54) is 11.1 Å². The molecule has 6 nitrogen and oxygen atoms in total. The molecule has 0 spiro atoms. The number of carbonyl (C=O) groups is 1. The minimum atomic E-state index is -0.562. The highest BCUT2D eigenvalue weighted by atomic mass is 16.5. The maximum absolute atomic E-state index is 13.0. The molecular weight excluding hydrogens is 402 g/mol. The summed E-state index contributed by atoms with van der Waals surface area (Å²) in [5.41, 5.74) is 4.37. The number of allylic oxidation sites excluding steroid dienone is 4. The van der Waals surface area contributed by atoms with Gasteiger partial charge in [-0.2, -0.15) is 0 Å². The van der Waals surface area contributed by atoms with Gasteiger partial charge in [0.1, 0.15) is 0 Å². The molecule has 6 heteroatoms. The Morgan fingerprint density at radius 2 is 2.12 bits per heavy atom. The summed E-state index contributed by atoms with van der Waals surface area (Å²) < 4.78 is 5.22. The Morgan fingerprint density at radius 1 is 1.31 bits per heavy atom. The lowest BCUT2D eigenvalue weighted by Gasteiger charge is -2.31. The standard InChI is InChI=1S/C26H33N3O3/c1-2-6-23(27-24-18-32-19-24)15-21-9-5-12-29(26(21)31)17-25(30)11-14-28-13-10-20-7-3-4-8-22(20)16-28/h2-8,12,15,24-25,27,30H,1,9-11,13-14,16-19H2/b21-15+,23-6+. The summed E-state index contributed by atoms with van der Waals surface area (Å²) in [4.78, 5) is 17.0. The van der Waals surface area contributed by atoms with Gasteiger partial charge in [0.05, 0.1) is 31.9 Å². The van der Waals surface area contributed by atoms with Crippen molar-refractivity contribution in [3.8, 4) is 0 Å². The Kier molecular flexibility index (Phi) is 7.58. The van der Waals surface area contributed by atoms with Gasteiger partial charge in [-0.15, -0.1) is 0 Å². The molecule has 1 saturated heterocycles. The molecule has 1 aromatic rings. The van der Waals surface area contributed by atoms with Gasteiger partial charge in [0, 0.05) is 37.1 Å². The molecule has 4 rings (SSSR count). The van der Waals surface area contributed by atoms with Gasteiger partial charge in [-0.1, -0.05) is 43.0 Å². The summed E-state index contributed by atoms with van der Waals surface area (Å²) in [5.74, 6) is -0.0555. The molecule has 2 N–H and O–H groups in total. The fraction of sp³-hybridized carbons (Fsp3) is 0.423. The van der Waals surface area contributed by atoms with E-state index in [1.54, 1.807) is 17.2 Å². The highest BCUT2D eigenvalue weighted by Gasteiger charge is 2.24. The zero-order valence-electron chi connectivity index (χ0n) is 18.6. The van der Waals surface area contributed by atoms with Crippen LogP contribution in [0.5, 0.6) is 0 Å². The summed E-state index contributed by atoms with van der Waals surface area (Å²) >= 11 is 0. The Labute approximate surface area is 190 Å². The normalized spacial score (nSPS) is 21.9. The van der Waals surface area contributed by atoms with Gasteiger partial charge >= 0.3 is 0 Å². The molecular formula is C26H33N3O3. The second kappa shape index (κ2) is 10.8. The van der Waals surface area contributed by atoms with Crippen molar-refractivity contribution in [1.29, 1.82) is 0 Å². The highest BCUT2D eigenvalue weighted by Crippen LogP contribution is 2.20. The number of benzene rings is 1. The first-order valence-electron chi connectivity index (χ1n) is 11.4. The smallest absolute Gasteiger partial charge is 0.254 e. The Morgan fingerprint density at radius 3 is 2.88 bits per heavy atom. The number of carbonyl (C=O) groups excluding carboxylic acids is 1. The topological polar surface area (TPSA) is 65.0 Å². The van der Waals surface area contributed by atoms with Crippen molar-refractivity contribution in [2.24, 2.45) is 0 Å². The van der Waals surface area contributed by atoms with E-state index in [0.29, 0.717) is 38.2 Å². The molecule has 1 atom stereocenters. The number of amides is 1. The molecule has 3 heterocycles. The minimum absolute atomic E-state index is 0.0555. The third-order valence-electron chi connectivity index (χ3n) is 6.19. The van der Waals surface area contributed by atoms with Crippen LogP contribution in [0.2, 0.25) is 0 Å². The predicted molar refractivity (Wildman–Crippen MR) is 126 cm³/mol. The number of fused-ring (bicyclic) bond motifs is 1. The monoisotopic (exact) mass is 435 g/mol. The predicted octanol–water partition coefficient (Wildman–Crippen LogP) is 2.53. The fourth-order valence-electron chi connectivity index (χ4n) is 4.31. The van der Waals surface area contributed by atoms with Gasteiger partial charge in [-0.25, -0.2) is 0 Å². The van der Waals surface area contributed by atoms with Crippen molar-refractivity contribution in [2.45, 2.75) is 38.0 Å². The lowest BCUT2D eigenvalue weighted by atomic mass is 9.99. The van der Waals surface area contributed by atoms with E-state index in [1.807, 2.05) is 18.2 Å². The van der Waals surface area contributed by atoms with Crippen molar-refractivity contribution in [1.82, 2.24) is 15.1 Å². The molecule has 32 heavy (non-hydrogen) atoms. The molecule has 1 fully saturated rings. The third kappa shape index (κ3) is 5.76. The molecule has 1 aromatic carbocycles. The third-order valence-corrected chi connectivity index (χ3v) is 6.19. The maximum Gasteiger partial charge on any atom is 0.254 e. The van der Waals surface area contributed by atoms with Crippen molar-refractivity contribution in [3.63, 3.8) is 0 Å². The Balaban J connectivity index is 1.29. The number of nitrogens with one attached hydrogen (secondary N) is 1. The van der Waals surface area contributed by atoms with Crippen molar-refractivity contribution < 1.29 is 14.6 Å². The van der Waals surface area contributed by atoms with Crippen LogP contribution in [0, 0.1) is 0 Å². The lowest BCUT2D eigenvalue weighted by Crippen LogP contribution is -2.45. The van der Waals surface area contributed by atoms with Crippen LogP contribution in [-0.4, -0.2) is 65.8 Å². The summed E-state index contributed by atoms with van der Waals surface area (Å²) in [7, 11) is 0. The van der Waals surface area contributed by atoms with Gasteiger partial charge in [0.2, 0.25) is 0 Å². The van der Waals surface area contributed by atoms with Crippen LogP contribution in [0.1, 0.15) is 24.0 Å². The van der Waals surface area contributed by atoms with Gasteiger partial charge < -0.3 is 20.1 Å². The number of rotatable bonds is 9. The van der Waals surface area contributed by atoms with E-state index in [0.717, 1.165) is 31.8 Å². The van der Waals surface area contributed by atoms with Gasteiger partial charge in [-0.05, 0) is 42.5 Å². The van der Waals surface area contributed by atoms with E-state index in [4.69, 9.17) is 4.74 Å². The van der Waals surface area contributed by atoms with E-state index in [-0.39, 0.29) is 11.9 Å². The fourth-order valence-corrected chi connectivity index (χ4v) is 4.31. The summed E-state index contributed by atoms with van der Waals surface area (Å²) in [6.45, 7) is 8.18. The van der Waals surface area contributed by atoms with Crippen LogP contribution in [0.3, 0.4) is 0 Å². The Hall–Kier alpha value is -2.67. The Bertz CT molecular complexity index is 917. The molecule has 0 aliphatic carbocycles. The quantitative estimate of drug-likeness (QED) is 0.461. The number of β-amino-alcohol motifs (C(OH)–C–C–N with tert-alkyl or cyclic N) is 1. The van der Waals surface area contributed by atoms with E-state index >= 15 is 0 Å². The average molecular weight is 436 g/mol. The van der Waals surface area contributed by atoms with Gasteiger partial charge in [0.25, 0.3) is 5.91 Å². The second-order valence-corrected chi connectivity index (χ2v) is 8.69. The molecule has 1 amide bonds. The number of ether oxygens (including phenoxy) is 1. The molecule has 0 saturated carbocycles. The summed E-state index contributed by atoms with van der Waals surface area (Å²) in [6.07, 6.45) is 10.9. The number of hydrogen-bond acceptors (Lipinski definition) is 5. The van der Waals surface area contributed by atoms with Crippen molar-refractivity contribution in [3.05, 3.63) is 83.7 Å². The van der Waals surface area contributed by atoms with Gasteiger partial charge in [0.15, 0.2) is 0 Å². The SMILES string of the molecule is C=C/C=C(\C=C1/CC=CN(CC(O)CCN2CCc3ccccc3C2)C1=O)NC1COC1. The zero-order chi connectivity index (χ0) is 22.3. The first-order valence-corrected chi connectivity index (χ1v) is 11.4.